The van der Waals surface area contributed by atoms with Gasteiger partial charge in [0.1, 0.15) is 0 Å². The number of β-amino-alcohol motifs (C(OH)–C–C–N with tert-alkyl or cyclic N) is 1. The molecular formula is C12H28N2O. The summed E-state index contributed by atoms with van der Waals surface area (Å²) in [5.41, 5.74) is 0.165. The molecule has 2 N–H and O–H groups in total. The number of hydrogen-bond acceptors (Lipinski definition) is 3. The first-order valence-electron chi connectivity index (χ1n) is 5.92. The van der Waals surface area contributed by atoms with Crippen LogP contribution in [0.3, 0.4) is 0 Å². The van der Waals surface area contributed by atoms with E-state index in [0.717, 1.165) is 13.0 Å². The van der Waals surface area contributed by atoms with Crippen LogP contribution in [0.25, 0.3) is 0 Å². The number of nitrogens with zero attached hydrogens (tertiary/aromatic N) is 1. The molecule has 0 amide bonds. The van der Waals surface area contributed by atoms with Crippen LogP contribution < -0.4 is 5.32 Å². The van der Waals surface area contributed by atoms with Crippen molar-refractivity contribution in [3.8, 4) is 0 Å². The molecule has 1 unspecified atom stereocenters. The molecule has 0 heterocycles. The van der Waals surface area contributed by atoms with E-state index in [4.69, 9.17) is 0 Å². The van der Waals surface area contributed by atoms with Gasteiger partial charge < -0.3 is 10.4 Å². The van der Waals surface area contributed by atoms with Crippen molar-refractivity contribution in [2.45, 2.75) is 58.7 Å². The van der Waals surface area contributed by atoms with Gasteiger partial charge in [0, 0.05) is 24.7 Å². The molecule has 0 aliphatic carbocycles. The van der Waals surface area contributed by atoms with Gasteiger partial charge in [0.2, 0.25) is 0 Å². The molecule has 0 bridgehead atoms. The first-order valence-corrected chi connectivity index (χ1v) is 5.92. The van der Waals surface area contributed by atoms with Gasteiger partial charge in [0.15, 0.2) is 0 Å². The zero-order valence-corrected chi connectivity index (χ0v) is 11.2. The van der Waals surface area contributed by atoms with Crippen LogP contribution in [0, 0.1) is 0 Å². The fourth-order valence-electron chi connectivity index (χ4n) is 1.27. The van der Waals surface area contributed by atoms with E-state index < -0.39 is 0 Å². The maximum atomic E-state index is 9.82. The molecule has 0 aromatic rings. The fraction of sp³-hybridized carbons (Fsp3) is 1.00. The molecule has 0 saturated carbocycles. The summed E-state index contributed by atoms with van der Waals surface area (Å²) in [5, 5.41) is 13.1. The zero-order chi connectivity index (χ0) is 12.1. The molecule has 3 heteroatoms. The molecule has 0 radical (unpaired) electrons. The summed E-state index contributed by atoms with van der Waals surface area (Å²) in [6, 6.07) is 0.434. The molecular weight excluding hydrogens is 188 g/mol. The van der Waals surface area contributed by atoms with Crippen molar-refractivity contribution in [2.24, 2.45) is 0 Å². The molecule has 0 saturated heterocycles. The second-order valence-corrected chi connectivity index (χ2v) is 5.26. The normalized spacial score (nSPS) is 15.0. The van der Waals surface area contributed by atoms with Crippen molar-refractivity contribution in [2.75, 3.05) is 20.1 Å². The van der Waals surface area contributed by atoms with E-state index >= 15 is 0 Å². The topological polar surface area (TPSA) is 35.5 Å². The number of aliphatic hydroxyl groups excluding tert-OH is 1. The van der Waals surface area contributed by atoms with E-state index in [-0.39, 0.29) is 11.6 Å². The molecule has 3 nitrogen and oxygen atoms in total. The minimum atomic E-state index is -0.289. The Labute approximate surface area is 94.9 Å². The zero-order valence-electron chi connectivity index (χ0n) is 11.2. The largest absolute Gasteiger partial charge is 0.390 e. The number of rotatable bonds is 7. The summed E-state index contributed by atoms with van der Waals surface area (Å²) in [5.74, 6) is 0. The number of aliphatic hydroxyl groups is 1. The summed E-state index contributed by atoms with van der Waals surface area (Å²) >= 11 is 0. The first kappa shape index (κ1) is 14.9. The Kier molecular flexibility index (Phi) is 6.41. The Bertz CT molecular complexity index is 169. The first-order chi connectivity index (χ1) is 6.79. The van der Waals surface area contributed by atoms with Crippen LogP contribution in [0.4, 0.5) is 0 Å². The highest BCUT2D eigenvalue weighted by molar-refractivity contribution is 4.79. The Morgan fingerprint density at radius 3 is 2.27 bits per heavy atom. The predicted octanol–water partition coefficient (Wildman–Crippen LogP) is 1.47. The van der Waals surface area contributed by atoms with E-state index in [1.54, 1.807) is 0 Å². The molecule has 0 aromatic carbocycles. The van der Waals surface area contributed by atoms with Crippen LogP contribution in [0.2, 0.25) is 0 Å². The van der Waals surface area contributed by atoms with Crippen molar-refractivity contribution in [1.82, 2.24) is 10.2 Å². The van der Waals surface area contributed by atoms with Crippen LogP contribution in [0.5, 0.6) is 0 Å². The average Bonchev–Trinajstić information content (AvgIpc) is 2.14. The van der Waals surface area contributed by atoms with E-state index in [2.05, 4.69) is 51.9 Å². The van der Waals surface area contributed by atoms with Gasteiger partial charge in [-0.3, -0.25) is 4.90 Å². The highest BCUT2D eigenvalue weighted by Gasteiger charge is 2.22. The van der Waals surface area contributed by atoms with Crippen LogP contribution in [0.15, 0.2) is 0 Å². The lowest BCUT2D eigenvalue weighted by Gasteiger charge is -2.36. The Morgan fingerprint density at radius 1 is 1.33 bits per heavy atom. The fourth-order valence-corrected chi connectivity index (χ4v) is 1.27. The molecule has 0 spiro atoms. The Hall–Kier alpha value is -0.120. The van der Waals surface area contributed by atoms with Crippen LogP contribution in [-0.2, 0) is 0 Å². The maximum Gasteiger partial charge on any atom is 0.0791 e. The average molecular weight is 216 g/mol. The number of likely N-dealkylation sites (N-methyl/N-ethyl adjacent to an activating group) is 1. The van der Waals surface area contributed by atoms with Crippen molar-refractivity contribution in [3.05, 3.63) is 0 Å². The minimum Gasteiger partial charge on any atom is -0.390 e. The quantitative estimate of drug-likeness (QED) is 0.676. The van der Waals surface area contributed by atoms with Gasteiger partial charge in [-0.25, -0.2) is 0 Å². The molecule has 0 rings (SSSR count). The molecule has 15 heavy (non-hydrogen) atoms. The van der Waals surface area contributed by atoms with Gasteiger partial charge in [-0.05, 0) is 27.3 Å². The number of nitrogens with one attached hydrogen (secondary N) is 1. The van der Waals surface area contributed by atoms with Gasteiger partial charge in [0.25, 0.3) is 0 Å². The molecule has 92 valence electrons. The standard InChI is InChI=1S/C12H28N2O/c1-7-12(4,5)14(6)9-11(15)8-13-10(2)3/h10-11,13,15H,7-9H2,1-6H3. The van der Waals surface area contributed by atoms with Gasteiger partial charge in [0.05, 0.1) is 6.10 Å². The summed E-state index contributed by atoms with van der Waals surface area (Å²) in [6.07, 6.45) is 0.802. The lowest BCUT2D eigenvalue weighted by Crippen LogP contribution is -2.47. The highest BCUT2D eigenvalue weighted by atomic mass is 16.3. The van der Waals surface area contributed by atoms with E-state index in [1.807, 2.05) is 0 Å². The molecule has 1 atom stereocenters. The third-order valence-corrected chi connectivity index (χ3v) is 3.14. The van der Waals surface area contributed by atoms with Gasteiger partial charge in [-0.2, -0.15) is 0 Å². The predicted molar refractivity (Wildman–Crippen MR) is 66.1 cm³/mol. The van der Waals surface area contributed by atoms with E-state index in [9.17, 15) is 5.11 Å². The monoisotopic (exact) mass is 216 g/mol. The van der Waals surface area contributed by atoms with Crippen LogP contribution in [0.1, 0.15) is 41.0 Å². The van der Waals surface area contributed by atoms with Crippen molar-refractivity contribution >= 4 is 0 Å². The van der Waals surface area contributed by atoms with E-state index in [1.165, 1.54) is 0 Å². The lowest BCUT2D eigenvalue weighted by atomic mass is 9.99. The maximum absolute atomic E-state index is 9.82. The minimum absolute atomic E-state index is 0.165. The lowest BCUT2D eigenvalue weighted by molar-refractivity contribution is 0.0677. The summed E-state index contributed by atoms with van der Waals surface area (Å²) in [4.78, 5) is 2.22. The molecule has 0 aromatic heterocycles. The Morgan fingerprint density at radius 2 is 1.87 bits per heavy atom. The van der Waals surface area contributed by atoms with E-state index in [0.29, 0.717) is 12.6 Å². The third-order valence-electron chi connectivity index (χ3n) is 3.14. The van der Waals surface area contributed by atoms with Crippen molar-refractivity contribution in [3.63, 3.8) is 0 Å². The molecule has 0 aliphatic rings. The highest BCUT2D eigenvalue weighted by Crippen LogP contribution is 2.16. The Balaban J connectivity index is 3.90. The van der Waals surface area contributed by atoms with Crippen molar-refractivity contribution in [1.29, 1.82) is 0 Å². The van der Waals surface area contributed by atoms with Gasteiger partial charge >= 0.3 is 0 Å². The molecule has 0 fully saturated rings. The van der Waals surface area contributed by atoms with Crippen LogP contribution in [-0.4, -0.2) is 47.8 Å². The smallest absolute Gasteiger partial charge is 0.0791 e. The number of hydrogen-bond donors (Lipinski definition) is 2. The second kappa shape index (κ2) is 6.46. The van der Waals surface area contributed by atoms with Gasteiger partial charge in [-0.1, -0.05) is 20.8 Å². The van der Waals surface area contributed by atoms with Gasteiger partial charge in [-0.15, -0.1) is 0 Å². The summed E-state index contributed by atoms with van der Waals surface area (Å²) in [6.45, 7) is 12.2. The summed E-state index contributed by atoms with van der Waals surface area (Å²) in [7, 11) is 2.07. The second-order valence-electron chi connectivity index (χ2n) is 5.26. The molecule has 0 aliphatic heterocycles. The SMILES string of the molecule is CCC(C)(C)N(C)CC(O)CNC(C)C. The summed E-state index contributed by atoms with van der Waals surface area (Å²) < 4.78 is 0. The van der Waals surface area contributed by atoms with Crippen LogP contribution >= 0.6 is 0 Å². The van der Waals surface area contributed by atoms with Crippen molar-refractivity contribution < 1.29 is 5.11 Å². The third kappa shape index (κ3) is 6.13.